The summed E-state index contributed by atoms with van der Waals surface area (Å²) in [6, 6.07) is 0. The number of unbranched alkanes of at least 4 members (excludes halogenated alkanes) is 14. The number of amides is 2. The highest BCUT2D eigenvalue weighted by molar-refractivity contribution is 5.77. The van der Waals surface area contributed by atoms with E-state index in [0.717, 1.165) is 45.2 Å². The van der Waals surface area contributed by atoms with E-state index in [9.17, 15) is 19.8 Å². The van der Waals surface area contributed by atoms with Crippen molar-refractivity contribution in [2.75, 3.05) is 79.7 Å². The predicted molar refractivity (Wildman–Crippen MR) is 172 cm³/mol. The average Bonchev–Trinajstić information content (AvgIpc) is 2.91. The Morgan fingerprint density at radius 1 is 0.488 bits per heavy atom. The first-order valence-electron chi connectivity index (χ1n) is 17.2. The number of nitrogens with zero attached hydrogens (tertiary/aromatic N) is 2. The molecule has 0 bridgehead atoms. The molecule has 8 nitrogen and oxygen atoms in total. The molecule has 0 radical (unpaired) electrons. The maximum absolute atomic E-state index is 12.7. The quantitative estimate of drug-likeness (QED) is 0.0548. The molecule has 0 saturated heterocycles. The fourth-order valence-corrected chi connectivity index (χ4v) is 5.64. The number of likely N-dealkylation sites (N-methyl/N-ethyl adjacent to an activating group) is 2. The largest absolute Gasteiger partial charge is 1.00 e. The molecule has 0 saturated carbocycles. The van der Waals surface area contributed by atoms with Gasteiger partial charge in [0.15, 0.2) is 13.1 Å². The molecule has 4 N–H and O–H groups in total. The van der Waals surface area contributed by atoms with E-state index in [-0.39, 0.29) is 59.0 Å². The van der Waals surface area contributed by atoms with Crippen molar-refractivity contribution in [3.63, 3.8) is 0 Å². The standard InChI is InChI=1S/C33H68N4O4.2BrH/c1-5-7-9-11-13-15-17-19-22-34-32(40)30-36(3,26-28-38)24-21-25-37(4,27-29-39)31-33(41)35-23-20-18-16-14-12-10-8-6-2;;/h38-39H,5-31H2,1-4H3;2*1H. The lowest BCUT2D eigenvalue weighted by Crippen LogP contribution is -3.00. The first kappa shape index (κ1) is 47.2. The van der Waals surface area contributed by atoms with Crippen LogP contribution in [0.15, 0.2) is 0 Å². The molecule has 10 heteroatoms. The third-order valence-corrected chi connectivity index (χ3v) is 8.43. The van der Waals surface area contributed by atoms with Crippen LogP contribution in [-0.2, 0) is 9.59 Å². The zero-order chi connectivity index (χ0) is 30.7. The molecule has 2 unspecified atom stereocenters. The lowest BCUT2D eigenvalue weighted by molar-refractivity contribution is -0.921. The molecule has 0 aromatic heterocycles. The molecule has 0 aromatic rings. The molecular formula is C33H70Br2N4O4. The molecule has 0 heterocycles. The monoisotopic (exact) mass is 744 g/mol. The van der Waals surface area contributed by atoms with Gasteiger partial charge in [-0.15, -0.1) is 0 Å². The van der Waals surface area contributed by atoms with Crippen LogP contribution in [0.5, 0.6) is 0 Å². The van der Waals surface area contributed by atoms with E-state index in [4.69, 9.17) is 0 Å². The summed E-state index contributed by atoms with van der Waals surface area (Å²) in [5.41, 5.74) is 0. The number of carbonyl (C=O) groups is 2. The lowest BCUT2D eigenvalue weighted by Gasteiger charge is -2.37. The SMILES string of the molecule is CCCCCCCCCCNC(=O)C[N+](C)(CCO)CCC[N+](C)(CCO)CC(=O)NCCCCCCCCCC.[Br-].[Br-]. The number of nitrogens with one attached hydrogen (secondary N) is 2. The Hall–Kier alpha value is -0.260. The van der Waals surface area contributed by atoms with Gasteiger partial charge in [-0.2, -0.15) is 0 Å². The van der Waals surface area contributed by atoms with E-state index in [0.29, 0.717) is 48.2 Å². The minimum absolute atomic E-state index is 0. The van der Waals surface area contributed by atoms with Gasteiger partial charge in [-0.05, 0) is 12.8 Å². The molecule has 43 heavy (non-hydrogen) atoms. The van der Waals surface area contributed by atoms with Crippen LogP contribution in [0.1, 0.15) is 123 Å². The van der Waals surface area contributed by atoms with Crippen LogP contribution in [0.3, 0.4) is 0 Å². The van der Waals surface area contributed by atoms with E-state index in [2.05, 4.69) is 24.5 Å². The summed E-state index contributed by atoms with van der Waals surface area (Å²) in [6.45, 7) is 9.19. The molecule has 2 atom stereocenters. The Morgan fingerprint density at radius 2 is 0.791 bits per heavy atom. The van der Waals surface area contributed by atoms with Crippen LogP contribution in [0.2, 0.25) is 0 Å². The fraction of sp³-hybridized carbons (Fsp3) is 0.939. The van der Waals surface area contributed by atoms with Gasteiger partial charge in [0.05, 0.1) is 40.4 Å². The number of halogens is 2. The van der Waals surface area contributed by atoms with Crippen LogP contribution >= 0.6 is 0 Å². The summed E-state index contributed by atoms with van der Waals surface area (Å²) < 4.78 is 0.951. The van der Waals surface area contributed by atoms with Crippen molar-refractivity contribution in [1.82, 2.24) is 10.6 Å². The number of aliphatic hydroxyl groups excluding tert-OH is 2. The summed E-state index contributed by atoms with van der Waals surface area (Å²) in [5.74, 6) is 0.0775. The molecule has 2 amide bonds. The van der Waals surface area contributed by atoms with Crippen LogP contribution in [-0.4, -0.2) is 111 Å². The Bertz CT molecular complexity index is 596. The van der Waals surface area contributed by atoms with Crippen LogP contribution in [0.25, 0.3) is 0 Å². The fourth-order valence-electron chi connectivity index (χ4n) is 5.64. The first-order chi connectivity index (χ1) is 19.7. The Labute approximate surface area is 286 Å². The van der Waals surface area contributed by atoms with E-state index in [1.165, 1.54) is 77.0 Å². The molecule has 0 aliphatic rings. The maximum atomic E-state index is 12.7. The van der Waals surface area contributed by atoms with Crippen molar-refractivity contribution in [3.8, 4) is 0 Å². The second-order valence-electron chi connectivity index (χ2n) is 12.9. The van der Waals surface area contributed by atoms with Crippen molar-refractivity contribution in [1.29, 1.82) is 0 Å². The number of quaternary nitrogens is 2. The average molecular weight is 747 g/mol. The van der Waals surface area contributed by atoms with Crippen molar-refractivity contribution >= 4 is 11.8 Å². The van der Waals surface area contributed by atoms with Gasteiger partial charge in [0.2, 0.25) is 0 Å². The smallest absolute Gasteiger partial charge is 0.275 e. The van der Waals surface area contributed by atoms with Crippen molar-refractivity contribution < 1.29 is 62.7 Å². The van der Waals surface area contributed by atoms with Crippen LogP contribution in [0.4, 0.5) is 0 Å². The topological polar surface area (TPSA) is 98.7 Å². The Morgan fingerprint density at radius 3 is 1.09 bits per heavy atom. The normalized spacial score (nSPS) is 13.7. The summed E-state index contributed by atoms with van der Waals surface area (Å²) >= 11 is 0. The lowest BCUT2D eigenvalue weighted by atomic mass is 10.1. The first-order valence-corrected chi connectivity index (χ1v) is 17.2. The van der Waals surface area contributed by atoms with Crippen molar-refractivity contribution in [2.45, 2.75) is 123 Å². The second-order valence-corrected chi connectivity index (χ2v) is 12.9. The number of rotatable bonds is 30. The zero-order valence-electron chi connectivity index (χ0n) is 28.5. The molecular weight excluding hydrogens is 676 g/mol. The number of hydrogen-bond acceptors (Lipinski definition) is 4. The van der Waals surface area contributed by atoms with Gasteiger partial charge in [0, 0.05) is 19.5 Å². The van der Waals surface area contributed by atoms with Gasteiger partial charge in [-0.25, -0.2) is 0 Å². The van der Waals surface area contributed by atoms with Gasteiger partial charge in [-0.3, -0.25) is 9.59 Å². The zero-order valence-corrected chi connectivity index (χ0v) is 31.6. The third-order valence-electron chi connectivity index (χ3n) is 8.43. The summed E-state index contributed by atoms with van der Waals surface area (Å²) in [7, 11) is 4.05. The summed E-state index contributed by atoms with van der Waals surface area (Å²) in [6.07, 6.45) is 20.7. The minimum Gasteiger partial charge on any atom is -1.00 e. The molecule has 0 rings (SSSR count). The van der Waals surface area contributed by atoms with Gasteiger partial charge in [0.25, 0.3) is 11.8 Å². The molecule has 0 spiro atoms. The highest BCUT2D eigenvalue weighted by atomic mass is 79.9. The summed E-state index contributed by atoms with van der Waals surface area (Å²) in [5, 5.41) is 25.5. The number of hydrogen-bond donors (Lipinski definition) is 4. The van der Waals surface area contributed by atoms with Gasteiger partial charge < -0.3 is 63.8 Å². The minimum atomic E-state index is 0. The van der Waals surface area contributed by atoms with E-state index < -0.39 is 0 Å². The Balaban J connectivity index is -0.00000800. The summed E-state index contributed by atoms with van der Waals surface area (Å²) in [4.78, 5) is 25.4. The number of aliphatic hydroxyl groups is 2. The molecule has 0 aliphatic heterocycles. The third kappa shape index (κ3) is 28.9. The van der Waals surface area contributed by atoms with Gasteiger partial charge >= 0.3 is 0 Å². The van der Waals surface area contributed by atoms with Crippen molar-refractivity contribution in [3.05, 3.63) is 0 Å². The molecule has 0 aliphatic carbocycles. The van der Waals surface area contributed by atoms with Crippen LogP contribution < -0.4 is 44.6 Å². The maximum Gasteiger partial charge on any atom is 0.275 e. The molecule has 0 fully saturated rings. The van der Waals surface area contributed by atoms with Crippen LogP contribution in [0, 0.1) is 0 Å². The van der Waals surface area contributed by atoms with E-state index >= 15 is 0 Å². The molecule has 0 aromatic carbocycles. The number of carbonyl (C=O) groups excluding carboxylic acids is 2. The molecule has 260 valence electrons. The highest BCUT2D eigenvalue weighted by Crippen LogP contribution is 2.11. The predicted octanol–water partition coefficient (Wildman–Crippen LogP) is -1.22. The van der Waals surface area contributed by atoms with E-state index in [1.807, 2.05) is 14.1 Å². The highest BCUT2D eigenvalue weighted by Gasteiger charge is 2.29. The van der Waals surface area contributed by atoms with Crippen molar-refractivity contribution in [2.24, 2.45) is 0 Å². The van der Waals surface area contributed by atoms with E-state index in [1.54, 1.807) is 0 Å². The van der Waals surface area contributed by atoms with Gasteiger partial charge in [-0.1, -0.05) is 104 Å². The Kier molecular flexibility index (Phi) is 34.8. The second kappa shape index (κ2) is 31.7. The van der Waals surface area contributed by atoms with Gasteiger partial charge in [0.1, 0.15) is 13.1 Å².